The summed E-state index contributed by atoms with van der Waals surface area (Å²) in [4.78, 5) is 0. The van der Waals surface area contributed by atoms with E-state index >= 15 is 0 Å². The van der Waals surface area contributed by atoms with Crippen LogP contribution in [0.25, 0.3) is 0 Å². The summed E-state index contributed by atoms with van der Waals surface area (Å²) in [6, 6.07) is 0. The molecule has 0 N–H and O–H groups in total. The molecule has 0 fully saturated rings. The monoisotopic (exact) mass is 602 g/mol. The first kappa shape index (κ1) is 36.4. The minimum absolute atomic E-state index is 0. The van der Waals surface area contributed by atoms with E-state index in [1.54, 1.807) is 0 Å². The third-order valence-electron chi connectivity index (χ3n) is 3.53. The number of alkyl halides is 19. The molecule has 0 heterocycles. The number of halogens is 19. The SMILES string of the molecule is O=S(=O)([O-])C(F)(F)C(F)(F)C(F)(F)C(F)(F)C(F)(F)C(F)(F)C(F)(F)C(F)(F)CC(F)(F)F.[K+]. The van der Waals surface area contributed by atoms with Crippen LogP contribution in [0.3, 0.4) is 0 Å². The third kappa shape index (κ3) is 5.13. The fraction of sp³-hybridized carbons (Fsp3) is 1.00. The molecule has 0 aromatic rings. The molecule has 24 heteroatoms. The quantitative estimate of drug-likeness (QED) is 0.232. The van der Waals surface area contributed by atoms with E-state index in [1.165, 1.54) is 0 Å². The second kappa shape index (κ2) is 9.20. The van der Waals surface area contributed by atoms with Crippen molar-refractivity contribution in [1.29, 1.82) is 0 Å². The summed E-state index contributed by atoms with van der Waals surface area (Å²) in [5.74, 6) is -60.4. The summed E-state index contributed by atoms with van der Waals surface area (Å²) in [7, 11) is -8.23. The molecule has 0 amide bonds. The van der Waals surface area contributed by atoms with E-state index in [9.17, 15) is 96.4 Å². The van der Waals surface area contributed by atoms with E-state index in [4.69, 9.17) is 0 Å². The normalized spacial score (nSPS) is 16.4. The van der Waals surface area contributed by atoms with Crippen molar-refractivity contribution in [2.45, 2.75) is 59.3 Å². The molecule has 0 bridgehead atoms. The molecular formula is C10H2F19KO3S. The van der Waals surface area contributed by atoms with E-state index < -0.39 is 69.4 Å². The number of hydrogen-bond acceptors (Lipinski definition) is 3. The minimum atomic E-state index is -9.06. The van der Waals surface area contributed by atoms with Gasteiger partial charge < -0.3 is 4.55 Å². The van der Waals surface area contributed by atoms with E-state index in [0.29, 0.717) is 0 Å². The summed E-state index contributed by atoms with van der Waals surface area (Å²) in [6.45, 7) is 0. The number of hydrogen-bond donors (Lipinski definition) is 0. The Kier molecular flexibility index (Phi) is 9.84. The van der Waals surface area contributed by atoms with Gasteiger partial charge in [-0.25, -0.2) is 8.42 Å². The van der Waals surface area contributed by atoms with Crippen LogP contribution in [0, 0.1) is 0 Å². The Morgan fingerprint density at radius 1 is 0.471 bits per heavy atom. The van der Waals surface area contributed by atoms with Gasteiger partial charge in [-0.2, -0.15) is 83.4 Å². The Bertz CT molecular complexity index is 845. The van der Waals surface area contributed by atoms with Gasteiger partial charge in [0.1, 0.15) is 6.42 Å². The molecule has 0 aromatic heterocycles. The summed E-state index contributed by atoms with van der Waals surface area (Å²) in [5.41, 5.74) is 0. The van der Waals surface area contributed by atoms with Crippen LogP contribution in [-0.4, -0.2) is 65.9 Å². The van der Waals surface area contributed by atoms with E-state index in [0.717, 1.165) is 0 Å². The Hall–Kier alpha value is 0.216. The summed E-state index contributed by atoms with van der Waals surface area (Å²) < 4.78 is 275. The zero-order valence-electron chi connectivity index (χ0n) is 15.0. The molecule has 0 aliphatic rings. The van der Waals surface area contributed by atoms with Crippen molar-refractivity contribution in [3.8, 4) is 0 Å². The molecular weight excluding hydrogens is 600 g/mol. The van der Waals surface area contributed by atoms with E-state index in [1.807, 2.05) is 0 Å². The molecule has 0 spiro atoms. The van der Waals surface area contributed by atoms with Crippen LogP contribution in [0.4, 0.5) is 83.4 Å². The summed E-state index contributed by atoms with van der Waals surface area (Å²) in [6.07, 6.45) is -11.1. The summed E-state index contributed by atoms with van der Waals surface area (Å²) in [5, 5.41) is -8.04. The molecule has 34 heavy (non-hydrogen) atoms. The second-order valence-electron chi connectivity index (χ2n) is 5.91. The molecule has 0 saturated carbocycles. The number of rotatable bonds is 9. The molecule has 0 aliphatic heterocycles. The van der Waals surface area contributed by atoms with Gasteiger partial charge in [-0.3, -0.25) is 0 Å². The second-order valence-corrected chi connectivity index (χ2v) is 7.33. The molecule has 200 valence electrons. The molecule has 0 rings (SSSR count). The predicted molar refractivity (Wildman–Crippen MR) is 59.9 cm³/mol. The third-order valence-corrected chi connectivity index (χ3v) is 4.42. The largest absolute Gasteiger partial charge is 1.00 e. The Labute approximate surface area is 216 Å². The van der Waals surface area contributed by atoms with Gasteiger partial charge in [0.2, 0.25) is 0 Å². The van der Waals surface area contributed by atoms with Gasteiger partial charge in [0.05, 0.1) is 0 Å². The van der Waals surface area contributed by atoms with Crippen LogP contribution in [0.5, 0.6) is 0 Å². The van der Waals surface area contributed by atoms with Crippen LogP contribution < -0.4 is 51.4 Å². The fourth-order valence-corrected chi connectivity index (χ4v) is 2.16. The molecule has 0 saturated heterocycles. The maximum atomic E-state index is 13.3. The van der Waals surface area contributed by atoms with Gasteiger partial charge in [-0.1, -0.05) is 0 Å². The van der Waals surface area contributed by atoms with Crippen molar-refractivity contribution in [3.63, 3.8) is 0 Å². The van der Waals surface area contributed by atoms with Crippen molar-refractivity contribution in [2.24, 2.45) is 0 Å². The fourth-order valence-electron chi connectivity index (χ4n) is 1.72. The molecule has 0 radical (unpaired) electrons. The van der Waals surface area contributed by atoms with Crippen molar-refractivity contribution < 1.29 is 148 Å². The zero-order valence-corrected chi connectivity index (χ0v) is 19.0. The first-order valence-corrected chi connectivity index (χ1v) is 8.16. The molecule has 0 unspecified atom stereocenters. The van der Waals surface area contributed by atoms with Gasteiger partial charge in [0.15, 0.2) is 10.1 Å². The van der Waals surface area contributed by atoms with Crippen molar-refractivity contribution >= 4 is 10.1 Å². The maximum Gasteiger partial charge on any atom is 1.00 e. The van der Waals surface area contributed by atoms with Gasteiger partial charge in [-0.15, -0.1) is 0 Å². The van der Waals surface area contributed by atoms with Crippen LogP contribution in [0.15, 0.2) is 0 Å². The van der Waals surface area contributed by atoms with Crippen LogP contribution in [0.2, 0.25) is 0 Å². The Morgan fingerprint density at radius 2 is 0.706 bits per heavy atom. The average Bonchev–Trinajstić information content (AvgIpc) is 2.49. The van der Waals surface area contributed by atoms with Crippen LogP contribution in [-0.2, 0) is 10.1 Å². The smallest absolute Gasteiger partial charge is 0.743 e. The van der Waals surface area contributed by atoms with Crippen molar-refractivity contribution in [3.05, 3.63) is 0 Å². The minimum Gasteiger partial charge on any atom is -0.743 e. The Balaban J connectivity index is 0. The Morgan fingerprint density at radius 3 is 0.941 bits per heavy atom. The van der Waals surface area contributed by atoms with E-state index in [2.05, 4.69) is 0 Å². The van der Waals surface area contributed by atoms with E-state index in [-0.39, 0.29) is 51.4 Å². The van der Waals surface area contributed by atoms with Gasteiger partial charge >= 0.3 is 104 Å². The average molecular weight is 602 g/mol. The van der Waals surface area contributed by atoms with Crippen molar-refractivity contribution in [2.75, 3.05) is 0 Å². The molecule has 0 aliphatic carbocycles. The van der Waals surface area contributed by atoms with Crippen molar-refractivity contribution in [1.82, 2.24) is 0 Å². The van der Waals surface area contributed by atoms with Crippen LogP contribution in [0.1, 0.15) is 6.42 Å². The van der Waals surface area contributed by atoms with Gasteiger partial charge in [0.25, 0.3) is 0 Å². The molecule has 3 nitrogen and oxygen atoms in total. The van der Waals surface area contributed by atoms with Crippen LogP contribution >= 0.6 is 0 Å². The molecule has 0 atom stereocenters. The van der Waals surface area contributed by atoms with Gasteiger partial charge in [0, 0.05) is 0 Å². The summed E-state index contributed by atoms with van der Waals surface area (Å²) >= 11 is 0. The zero-order chi connectivity index (χ0) is 27.7. The van der Waals surface area contributed by atoms with Gasteiger partial charge in [-0.05, 0) is 0 Å². The topological polar surface area (TPSA) is 57.2 Å². The standard InChI is InChI=1S/C10H3F19O3S.K/c11-2(12,1-3(13,14)15)4(16,17)5(18,19)6(20,21)7(22,23)8(24,25)9(26,27)10(28,29)33(30,31)32;/h1H2,(H,30,31,32);/q;+1/p-1. The first-order valence-electron chi connectivity index (χ1n) is 6.75. The molecule has 0 aromatic carbocycles. The maximum absolute atomic E-state index is 13.3. The first-order chi connectivity index (χ1) is 13.7. The predicted octanol–water partition coefficient (Wildman–Crippen LogP) is 2.53.